The van der Waals surface area contributed by atoms with Crippen molar-refractivity contribution in [3.8, 4) is 0 Å². The van der Waals surface area contributed by atoms with Gasteiger partial charge in [0.1, 0.15) is 5.69 Å². The van der Waals surface area contributed by atoms with E-state index in [0.29, 0.717) is 11.5 Å². The predicted molar refractivity (Wildman–Crippen MR) is 76.3 cm³/mol. The van der Waals surface area contributed by atoms with E-state index in [0.717, 1.165) is 25.9 Å². The van der Waals surface area contributed by atoms with Gasteiger partial charge in [0.2, 0.25) is 5.91 Å². The summed E-state index contributed by atoms with van der Waals surface area (Å²) in [6.45, 7) is 1.78. The molecule has 7 nitrogen and oxygen atoms in total. The molecule has 0 unspecified atom stereocenters. The molecule has 0 aliphatic carbocycles. The van der Waals surface area contributed by atoms with Gasteiger partial charge < -0.3 is 21.3 Å². The van der Waals surface area contributed by atoms with Crippen LogP contribution in [-0.2, 0) is 4.79 Å². The molecule has 0 saturated carbocycles. The summed E-state index contributed by atoms with van der Waals surface area (Å²) in [5.41, 5.74) is 11.6. The Labute approximate surface area is 117 Å². The van der Waals surface area contributed by atoms with E-state index in [1.165, 1.54) is 6.07 Å². The Morgan fingerprint density at radius 3 is 2.60 bits per heavy atom. The molecule has 0 radical (unpaired) electrons. The monoisotopic (exact) mass is 277 g/mol. The Kier molecular flexibility index (Phi) is 4.07. The number of nitrogens with two attached hydrogens (primary N) is 2. The molecule has 108 valence electrons. The van der Waals surface area contributed by atoms with Gasteiger partial charge in [0.15, 0.2) is 5.82 Å². The summed E-state index contributed by atoms with van der Waals surface area (Å²) in [6.07, 6.45) is 2.10. The third kappa shape index (κ3) is 2.98. The van der Waals surface area contributed by atoms with E-state index in [4.69, 9.17) is 11.5 Å². The Bertz CT molecular complexity index is 525. The van der Waals surface area contributed by atoms with Crippen LogP contribution in [0.2, 0.25) is 0 Å². The first kappa shape index (κ1) is 14.1. The van der Waals surface area contributed by atoms with Gasteiger partial charge >= 0.3 is 0 Å². The van der Waals surface area contributed by atoms with Crippen LogP contribution in [0.25, 0.3) is 0 Å². The fraction of sp³-hybridized carbons (Fsp3) is 0.462. The largest absolute Gasteiger partial charge is 0.396 e. The number of aromatic nitrogens is 1. The number of hydrogen-bond donors (Lipinski definition) is 2. The molecular formula is C13H19N5O2. The number of primary amides is 1. The van der Waals surface area contributed by atoms with E-state index < -0.39 is 5.91 Å². The van der Waals surface area contributed by atoms with Gasteiger partial charge in [-0.05, 0) is 25.0 Å². The minimum absolute atomic E-state index is 0.0377. The molecule has 4 N–H and O–H groups in total. The van der Waals surface area contributed by atoms with Crippen LogP contribution in [0.3, 0.4) is 0 Å². The molecule has 2 heterocycles. The SMILES string of the molecule is CN(CC(=O)N1CCCC1)c1nc(C(N)=O)ccc1N. The van der Waals surface area contributed by atoms with Crippen molar-refractivity contribution in [1.82, 2.24) is 9.88 Å². The molecule has 20 heavy (non-hydrogen) atoms. The molecule has 0 spiro atoms. The van der Waals surface area contributed by atoms with Crippen LogP contribution in [0.15, 0.2) is 12.1 Å². The molecule has 1 aliphatic heterocycles. The summed E-state index contributed by atoms with van der Waals surface area (Å²) >= 11 is 0. The number of rotatable bonds is 4. The van der Waals surface area contributed by atoms with Crippen LogP contribution in [0.5, 0.6) is 0 Å². The highest BCUT2D eigenvalue weighted by Gasteiger charge is 2.20. The van der Waals surface area contributed by atoms with E-state index >= 15 is 0 Å². The molecule has 1 aromatic heterocycles. The molecule has 7 heteroatoms. The number of anilines is 2. The number of carbonyl (C=O) groups excluding carboxylic acids is 2. The fourth-order valence-electron chi connectivity index (χ4n) is 2.25. The zero-order valence-electron chi connectivity index (χ0n) is 11.5. The number of likely N-dealkylation sites (N-methyl/N-ethyl adjacent to an activating group) is 1. The fourth-order valence-corrected chi connectivity index (χ4v) is 2.25. The maximum Gasteiger partial charge on any atom is 0.267 e. The van der Waals surface area contributed by atoms with Gasteiger partial charge in [-0.25, -0.2) is 4.98 Å². The van der Waals surface area contributed by atoms with Crippen LogP contribution in [0, 0.1) is 0 Å². The van der Waals surface area contributed by atoms with Crippen molar-refractivity contribution in [2.45, 2.75) is 12.8 Å². The minimum atomic E-state index is -0.620. The quantitative estimate of drug-likeness (QED) is 0.794. The van der Waals surface area contributed by atoms with Gasteiger partial charge in [0, 0.05) is 20.1 Å². The molecule has 2 rings (SSSR count). The lowest BCUT2D eigenvalue weighted by Crippen LogP contribution is -2.38. The average Bonchev–Trinajstić information content (AvgIpc) is 2.92. The lowest BCUT2D eigenvalue weighted by atomic mass is 10.3. The molecule has 1 fully saturated rings. The summed E-state index contributed by atoms with van der Waals surface area (Å²) in [5.74, 6) is -0.185. The number of nitrogens with zero attached hydrogens (tertiary/aromatic N) is 3. The molecule has 0 atom stereocenters. The molecule has 1 aromatic rings. The molecule has 2 amide bonds. The molecular weight excluding hydrogens is 258 g/mol. The third-order valence-electron chi connectivity index (χ3n) is 3.35. The number of nitrogen functional groups attached to an aromatic ring is 1. The Hall–Kier alpha value is -2.31. The second-order valence-electron chi connectivity index (χ2n) is 4.92. The van der Waals surface area contributed by atoms with Crippen molar-refractivity contribution in [1.29, 1.82) is 0 Å². The van der Waals surface area contributed by atoms with Crippen molar-refractivity contribution in [2.24, 2.45) is 5.73 Å². The highest BCUT2D eigenvalue weighted by molar-refractivity contribution is 5.92. The van der Waals surface area contributed by atoms with Gasteiger partial charge in [-0.2, -0.15) is 0 Å². The van der Waals surface area contributed by atoms with Gasteiger partial charge in [0.25, 0.3) is 5.91 Å². The third-order valence-corrected chi connectivity index (χ3v) is 3.35. The number of likely N-dealkylation sites (tertiary alicyclic amines) is 1. The molecule has 0 aromatic carbocycles. The molecule has 0 bridgehead atoms. The number of hydrogen-bond acceptors (Lipinski definition) is 5. The number of amides is 2. The van der Waals surface area contributed by atoms with E-state index in [2.05, 4.69) is 4.98 Å². The maximum atomic E-state index is 12.1. The zero-order chi connectivity index (χ0) is 14.7. The zero-order valence-corrected chi connectivity index (χ0v) is 11.5. The highest BCUT2D eigenvalue weighted by Crippen LogP contribution is 2.20. The first-order chi connectivity index (χ1) is 9.49. The summed E-state index contributed by atoms with van der Waals surface area (Å²) < 4.78 is 0. The molecule has 1 aliphatic rings. The van der Waals surface area contributed by atoms with Crippen LogP contribution in [0.1, 0.15) is 23.3 Å². The van der Waals surface area contributed by atoms with E-state index in [1.807, 2.05) is 4.90 Å². The lowest BCUT2D eigenvalue weighted by Gasteiger charge is -2.23. The molecule has 1 saturated heterocycles. The first-order valence-electron chi connectivity index (χ1n) is 6.54. The van der Waals surface area contributed by atoms with Gasteiger partial charge in [-0.15, -0.1) is 0 Å². The van der Waals surface area contributed by atoms with Crippen LogP contribution in [0.4, 0.5) is 11.5 Å². The van der Waals surface area contributed by atoms with Crippen LogP contribution in [-0.4, -0.2) is 48.4 Å². The second kappa shape index (κ2) is 5.77. The minimum Gasteiger partial charge on any atom is -0.396 e. The van der Waals surface area contributed by atoms with Crippen LogP contribution < -0.4 is 16.4 Å². The van der Waals surface area contributed by atoms with E-state index in [1.54, 1.807) is 18.0 Å². The summed E-state index contributed by atoms with van der Waals surface area (Å²) in [6, 6.07) is 3.04. The first-order valence-corrected chi connectivity index (χ1v) is 6.54. The smallest absolute Gasteiger partial charge is 0.267 e. The average molecular weight is 277 g/mol. The summed E-state index contributed by atoms with van der Waals surface area (Å²) in [7, 11) is 1.72. The Morgan fingerprint density at radius 2 is 2.00 bits per heavy atom. The topological polar surface area (TPSA) is 106 Å². The van der Waals surface area contributed by atoms with Gasteiger partial charge in [0.05, 0.1) is 12.2 Å². The number of pyridine rings is 1. The summed E-state index contributed by atoms with van der Waals surface area (Å²) in [4.78, 5) is 30.8. The number of carbonyl (C=O) groups is 2. The van der Waals surface area contributed by atoms with Gasteiger partial charge in [-0.3, -0.25) is 9.59 Å². The van der Waals surface area contributed by atoms with Crippen molar-refractivity contribution < 1.29 is 9.59 Å². The second-order valence-corrected chi connectivity index (χ2v) is 4.92. The van der Waals surface area contributed by atoms with E-state index in [9.17, 15) is 9.59 Å². The van der Waals surface area contributed by atoms with Crippen molar-refractivity contribution >= 4 is 23.3 Å². The lowest BCUT2D eigenvalue weighted by molar-refractivity contribution is -0.128. The van der Waals surface area contributed by atoms with Crippen molar-refractivity contribution in [2.75, 3.05) is 37.3 Å². The summed E-state index contributed by atoms with van der Waals surface area (Å²) in [5, 5.41) is 0. The Morgan fingerprint density at radius 1 is 1.35 bits per heavy atom. The Balaban J connectivity index is 2.11. The van der Waals surface area contributed by atoms with Crippen molar-refractivity contribution in [3.05, 3.63) is 17.8 Å². The maximum absolute atomic E-state index is 12.1. The van der Waals surface area contributed by atoms with Crippen LogP contribution >= 0.6 is 0 Å². The highest BCUT2D eigenvalue weighted by atomic mass is 16.2. The van der Waals surface area contributed by atoms with Gasteiger partial charge in [-0.1, -0.05) is 0 Å². The van der Waals surface area contributed by atoms with Crippen molar-refractivity contribution in [3.63, 3.8) is 0 Å². The van der Waals surface area contributed by atoms with E-state index in [-0.39, 0.29) is 18.1 Å². The predicted octanol–water partition coefficient (Wildman–Crippen LogP) is -0.179. The standard InChI is InChI=1S/C13H19N5O2/c1-17(8-11(19)18-6-2-3-7-18)13-9(14)4-5-10(16-13)12(15)20/h4-5H,2-3,6-8,14H2,1H3,(H2,15,20). The normalized spacial score (nSPS) is 14.3.